The number of aliphatic hydroxyl groups is 2. The summed E-state index contributed by atoms with van der Waals surface area (Å²) in [6.07, 6.45) is 3.04. The third kappa shape index (κ3) is 11.2. The van der Waals surface area contributed by atoms with E-state index in [1.807, 2.05) is 130 Å². The number of hydrogen-bond donors (Lipinski definition) is 8. The van der Waals surface area contributed by atoms with Crippen molar-refractivity contribution < 1.29 is 15.0 Å². The average Bonchev–Trinajstić information content (AvgIpc) is 3.93. The second-order valence-electron chi connectivity index (χ2n) is 17.8. The van der Waals surface area contributed by atoms with Gasteiger partial charge in [0.15, 0.2) is 0 Å². The van der Waals surface area contributed by atoms with Gasteiger partial charge in [-0.3, -0.25) is 0 Å². The van der Waals surface area contributed by atoms with E-state index in [0.717, 1.165) is 75.8 Å². The molecule has 0 aliphatic carbocycles. The van der Waals surface area contributed by atoms with Crippen LogP contribution in [0.1, 0.15) is 78.5 Å². The molecule has 0 radical (unpaired) electrons. The summed E-state index contributed by atoms with van der Waals surface area (Å²) in [5.74, 6) is 1.20. The molecule has 0 saturated heterocycles. The van der Waals surface area contributed by atoms with Gasteiger partial charge in [-0.25, -0.2) is 24.7 Å². The van der Waals surface area contributed by atoms with E-state index in [1.165, 1.54) is 0 Å². The van der Waals surface area contributed by atoms with Crippen LogP contribution in [0.3, 0.4) is 0 Å². The van der Waals surface area contributed by atoms with Crippen molar-refractivity contribution in [3.63, 3.8) is 0 Å². The first-order valence-corrected chi connectivity index (χ1v) is 23.7. The largest absolute Gasteiger partial charge is 0.394 e. The van der Waals surface area contributed by atoms with Crippen molar-refractivity contribution in [1.82, 2.24) is 15.0 Å². The molecule has 4 aromatic carbocycles. The van der Waals surface area contributed by atoms with E-state index in [0.29, 0.717) is 35.1 Å². The molecule has 1 aliphatic heterocycles. The lowest BCUT2D eigenvalue weighted by Gasteiger charge is -2.22. The number of thiazole rings is 2. The Hall–Kier alpha value is -6.91. The molecule has 15 heteroatoms. The highest BCUT2D eigenvalue weighted by Crippen LogP contribution is 2.43. The number of aliphatic imine (C=N–C) groups is 1. The minimum atomic E-state index is -1.13. The highest BCUT2D eigenvalue weighted by molar-refractivity contribution is 7.16. The fraction of sp³-hybridized carbons (Fsp3) is 0.250. The third-order valence-corrected chi connectivity index (χ3v) is 13.9. The number of aromatic nitrogens is 3. The van der Waals surface area contributed by atoms with Crippen molar-refractivity contribution in [2.24, 2.45) is 10.7 Å². The number of nitrogens with two attached hydrogens (primary N) is 1. The van der Waals surface area contributed by atoms with E-state index in [9.17, 15) is 15.0 Å². The zero-order valence-electron chi connectivity index (χ0n) is 38.6. The second-order valence-corrected chi connectivity index (χ2v) is 20.0. The molecule has 8 rings (SSSR count). The molecule has 0 spiro atoms. The van der Waals surface area contributed by atoms with Crippen molar-refractivity contribution >= 4 is 63.1 Å². The molecule has 1 aliphatic rings. The van der Waals surface area contributed by atoms with Crippen molar-refractivity contribution in [3.8, 4) is 32.1 Å². The maximum atomic E-state index is 13.0. The first-order valence-electron chi connectivity index (χ1n) is 22.1. The maximum absolute atomic E-state index is 13.0. The zero-order valence-corrected chi connectivity index (χ0v) is 40.2. The summed E-state index contributed by atoms with van der Waals surface area (Å²) in [4.78, 5) is 34.0. The van der Waals surface area contributed by atoms with Gasteiger partial charge in [0, 0.05) is 58.5 Å². The Kier molecular flexibility index (Phi) is 13.8. The van der Waals surface area contributed by atoms with Gasteiger partial charge in [0.1, 0.15) is 5.82 Å². The molecule has 0 saturated carbocycles. The van der Waals surface area contributed by atoms with E-state index in [2.05, 4.69) is 64.3 Å². The predicted molar refractivity (Wildman–Crippen MR) is 276 cm³/mol. The van der Waals surface area contributed by atoms with E-state index in [-0.39, 0.29) is 24.0 Å². The Balaban J connectivity index is 0.980. The van der Waals surface area contributed by atoms with Crippen LogP contribution in [0.25, 0.3) is 32.1 Å². The lowest BCUT2D eigenvalue weighted by molar-refractivity contribution is 0.233. The highest BCUT2D eigenvalue weighted by atomic mass is 32.1. The average molecular weight is 933 g/mol. The number of rotatable bonds is 14. The predicted octanol–water partition coefficient (Wildman–Crippen LogP) is 11.6. The number of carbonyl (C=O) groups excluding carboxylic acids is 1. The number of anilines is 5. The molecule has 7 aromatic rings. The van der Waals surface area contributed by atoms with Gasteiger partial charge in [0.05, 0.1) is 49.6 Å². The van der Waals surface area contributed by atoms with Gasteiger partial charge in [-0.05, 0) is 116 Å². The van der Waals surface area contributed by atoms with Gasteiger partial charge in [0.25, 0.3) is 0 Å². The number of hydrogen-bond acceptors (Lipinski definition) is 13. The number of nitrogens with zero attached hydrogens (tertiary/aromatic N) is 4. The monoisotopic (exact) mass is 932 g/mol. The Morgan fingerprint density at radius 3 is 2.18 bits per heavy atom. The number of amides is 2. The standard InChI is InChI=1S/C52H56N10O3S2/c1-29-14-17-36(18-15-29)57-50(64)58-37-12-8-10-34(22-37)47-45(62-49(67-47)52(5,6)7)33-20-21-54-44(24-33)61-42(28-63)40-25-39(19-16-30(40)2)60-51(65)59-38-13-9-11-35(23-38)48-46(56-32(4)66-48)41-26-43(53)55-27-31(41)3/h8-25,27,41-42,51,59-60,63,65H,26,28H2,1-7H3,(H2,53,55)(H,54,61)(H2,57,58,64). The fourth-order valence-corrected chi connectivity index (χ4v) is 9.98. The summed E-state index contributed by atoms with van der Waals surface area (Å²) in [6.45, 7) is 14.3. The Morgan fingerprint density at radius 2 is 1.45 bits per heavy atom. The number of amidine groups is 1. The number of pyridine rings is 1. The summed E-state index contributed by atoms with van der Waals surface area (Å²) < 4.78 is 0. The van der Waals surface area contributed by atoms with E-state index in [4.69, 9.17) is 15.7 Å². The van der Waals surface area contributed by atoms with Gasteiger partial charge in [-0.15, -0.1) is 22.7 Å². The van der Waals surface area contributed by atoms with Crippen LogP contribution in [0.2, 0.25) is 0 Å². The minimum absolute atomic E-state index is 0.0476. The van der Waals surface area contributed by atoms with Crippen LogP contribution in [0.5, 0.6) is 0 Å². The van der Waals surface area contributed by atoms with Crippen LogP contribution in [-0.4, -0.2) is 50.0 Å². The molecule has 4 heterocycles. The lowest BCUT2D eigenvalue weighted by Crippen LogP contribution is -2.28. The van der Waals surface area contributed by atoms with Crippen molar-refractivity contribution in [2.75, 3.05) is 33.2 Å². The number of carbonyl (C=O) groups is 1. The summed E-state index contributed by atoms with van der Waals surface area (Å²) >= 11 is 3.25. The van der Waals surface area contributed by atoms with Crippen LogP contribution in [0.4, 0.5) is 33.4 Å². The van der Waals surface area contributed by atoms with E-state index < -0.39 is 12.4 Å². The Bertz CT molecular complexity index is 2970. The van der Waals surface area contributed by atoms with Crippen LogP contribution in [0.15, 0.2) is 126 Å². The van der Waals surface area contributed by atoms with Gasteiger partial charge < -0.3 is 42.5 Å². The molecule has 67 heavy (non-hydrogen) atoms. The molecule has 0 bridgehead atoms. The fourth-order valence-electron chi connectivity index (χ4n) is 7.86. The number of urea groups is 1. The Morgan fingerprint density at radius 1 is 0.776 bits per heavy atom. The topological polar surface area (TPSA) is 195 Å². The molecular weight excluding hydrogens is 877 g/mol. The molecule has 0 fully saturated rings. The first kappa shape index (κ1) is 46.6. The molecule has 3 aromatic heterocycles. The van der Waals surface area contributed by atoms with Gasteiger partial charge in [0.2, 0.25) is 6.35 Å². The highest BCUT2D eigenvalue weighted by Gasteiger charge is 2.27. The van der Waals surface area contributed by atoms with Crippen LogP contribution in [0, 0.1) is 20.8 Å². The lowest BCUT2D eigenvalue weighted by atomic mass is 9.90. The Labute approximate surface area is 399 Å². The van der Waals surface area contributed by atoms with Gasteiger partial charge in [-0.1, -0.05) is 68.8 Å². The quantitative estimate of drug-likeness (QED) is 0.0486. The van der Waals surface area contributed by atoms with Crippen molar-refractivity contribution in [3.05, 3.63) is 153 Å². The maximum Gasteiger partial charge on any atom is 0.323 e. The number of nitrogens with one attached hydrogen (secondary N) is 5. The van der Waals surface area contributed by atoms with Crippen LogP contribution >= 0.6 is 22.7 Å². The summed E-state index contributed by atoms with van der Waals surface area (Å²) in [7, 11) is 0. The van der Waals surface area contributed by atoms with Crippen molar-refractivity contribution in [2.45, 2.75) is 78.6 Å². The smallest absolute Gasteiger partial charge is 0.323 e. The SMILES string of the molecule is CC1=CN=C(N)CC1c1nc(C)sc1-c1cccc(NC(O)Nc2ccc(C)c(C(CO)Nc3cc(-c4nc(C(C)(C)C)sc4-c4cccc(NC(=O)Nc5ccc(C)cc5)c4)ccn3)c2)c1. The van der Waals surface area contributed by atoms with E-state index >= 15 is 0 Å². The zero-order chi connectivity index (χ0) is 47.4. The molecule has 13 nitrogen and oxygen atoms in total. The summed E-state index contributed by atoms with van der Waals surface area (Å²) in [5, 5.41) is 39.7. The van der Waals surface area contributed by atoms with Crippen LogP contribution < -0.4 is 32.3 Å². The molecule has 3 unspecified atom stereocenters. The summed E-state index contributed by atoms with van der Waals surface area (Å²) in [6, 6.07) is 32.1. The molecule has 3 atom stereocenters. The van der Waals surface area contributed by atoms with Gasteiger partial charge in [-0.2, -0.15) is 0 Å². The molecule has 2 amide bonds. The number of aryl methyl sites for hydroxylation is 3. The molecule has 344 valence electrons. The second kappa shape index (κ2) is 19.9. The third-order valence-electron chi connectivity index (χ3n) is 11.4. The van der Waals surface area contributed by atoms with Gasteiger partial charge >= 0.3 is 6.03 Å². The number of allylic oxidation sites excluding steroid dienone is 1. The van der Waals surface area contributed by atoms with E-state index in [1.54, 1.807) is 28.9 Å². The number of aliphatic hydroxyl groups excluding tert-OH is 2. The molecular formula is C52H56N10O3S2. The first-order chi connectivity index (χ1) is 32.1. The normalized spacial score (nSPS) is 14.7. The summed E-state index contributed by atoms with van der Waals surface area (Å²) in [5.41, 5.74) is 17.2. The van der Waals surface area contributed by atoms with Crippen molar-refractivity contribution in [1.29, 1.82) is 0 Å². The molecule has 9 N–H and O–H groups in total. The van der Waals surface area contributed by atoms with Crippen LogP contribution in [-0.2, 0) is 5.41 Å². The number of benzene rings is 4. The minimum Gasteiger partial charge on any atom is -0.394 e.